The number of nitrogens with zero attached hydrogens (tertiary/aromatic N) is 2. The maximum absolute atomic E-state index is 12.4. The van der Waals surface area contributed by atoms with E-state index in [1.165, 1.54) is 12.8 Å². The number of Topliss-reactive ketones (excluding diaryl/α,β-unsaturated/α-hetero) is 1. The fraction of sp³-hybridized carbons (Fsp3) is 0.467. The first-order valence-corrected chi connectivity index (χ1v) is 6.86. The summed E-state index contributed by atoms with van der Waals surface area (Å²) >= 11 is 0. The summed E-state index contributed by atoms with van der Waals surface area (Å²) in [5.41, 5.74) is 0.749. The molecule has 1 unspecified atom stereocenters. The van der Waals surface area contributed by atoms with Crippen LogP contribution in [0.4, 0.5) is 0 Å². The lowest BCUT2D eigenvalue weighted by Crippen LogP contribution is -2.29. The molecule has 0 spiro atoms. The summed E-state index contributed by atoms with van der Waals surface area (Å²) in [5.74, 6) is 0.414. The predicted octanol–water partition coefficient (Wildman–Crippen LogP) is 3.16. The summed E-state index contributed by atoms with van der Waals surface area (Å²) in [6.07, 6.45) is 2.48. The van der Waals surface area contributed by atoms with Gasteiger partial charge in [0.25, 0.3) is 0 Å². The molecule has 0 bridgehead atoms. The number of likely N-dealkylation sites (tertiary alicyclic amines) is 1. The van der Waals surface area contributed by atoms with E-state index >= 15 is 0 Å². The molecule has 1 aliphatic heterocycles. The van der Waals surface area contributed by atoms with E-state index in [9.17, 15) is 4.79 Å². The van der Waals surface area contributed by atoms with Gasteiger partial charge in [0.1, 0.15) is 5.52 Å². The largest absolute Gasteiger partial charge is 0.352 e. The average molecular weight is 295 g/mol. The number of hydrogen-bond donors (Lipinski definition) is 0. The van der Waals surface area contributed by atoms with E-state index in [1.807, 2.05) is 31.2 Å². The Morgan fingerprint density at radius 1 is 1.35 bits per heavy atom. The molecule has 1 aliphatic rings. The second-order valence-electron chi connectivity index (χ2n) is 5.30. The van der Waals surface area contributed by atoms with Gasteiger partial charge in [-0.05, 0) is 38.1 Å². The first-order valence-electron chi connectivity index (χ1n) is 6.86. The highest BCUT2D eigenvalue weighted by molar-refractivity contribution is 6.05. The minimum atomic E-state index is -0.0468. The standard InChI is InChI=1S/C15H18N2O2.ClH/c1-11(10-17-8-4-5-9-17)14(18)15-12-6-2-3-7-13(12)16-19-15;/h2-3,6-7,11H,4-5,8-10H2,1H3;1H. The number of rotatable bonds is 4. The highest BCUT2D eigenvalue weighted by Crippen LogP contribution is 2.21. The highest BCUT2D eigenvalue weighted by atomic mass is 35.5. The minimum absolute atomic E-state index is 0. The van der Waals surface area contributed by atoms with Crippen molar-refractivity contribution in [2.75, 3.05) is 19.6 Å². The first-order chi connectivity index (χ1) is 9.25. The molecule has 1 saturated heterocycles. The molecule has 1 aromatic carbocycles. The molecule has 3 rings (SSSR count). The van der Waals surface area contributed by atoms with Crippen LogP contribution in [-0.4, -0.2) is 35.5 Å². The number of ketones is 1. The number of carbonyl (C=O) groups excluding carboxylic acids is 1. The molecule has 5 heteroatoms. The van der Waals surface area contributed by atoms with E-state index in [-0.39, 0.29) is 24.1 Å². The number of halogens is 1. The van der Waals surface area contributed by atoms with Gasteiger partial charge in [-0.15, -0.1) is 12.4 Å². The van der Waals surface area contributed by atoms with E-state index < -0.39 is 0 Å². The van der Waals surface area contributed by atoms with Gasteiger partial charge in [0.15, 0.2) is 0 Å². The van der Waals surface area contributed by atoms with Crippen molar-refractivity contribution in [3.8, 4) is 0 Å². The summed E-state index contributed by atoms with van der Waals surface area (Å²) in [4.78, 5) is 14.8. The molecule has 4 nitrogen and oxygen atoms in total. The molecule has 0 saturated carbocycles. The Bertz CT molecular complexity index is 590. The van der Waals surface area contributed by atoms with Gasteiger partial charge in [-0.2, -0.15) is 0 Å². The van der Waals surface area contributed by atoms with Gasteiger partial charge in [0.05, 0.1) is 5.39 Å². The van der Waals surface area contributed by atoms with Crippen molar-refractivity contribution in [2.24, 2.45) is 5.92 Å². The Morgan fingerprint density at radius 3 is 2.80 bits per heavy atom. The van der Waals surface area contributed by atoms with Gasteiger partial charge in [-0.25, -0.2) is 0 Å². The van der Waals surface area contributed by atoms with Gasteiger partial charge < -0.3 is 9.42 Å². The Balaban J connectivity index is 0.00000147. The SMILES string of the molecule is CC(CN1CCCC1)C(=O)c1onc2ccccc12.Cl. The predicted molar refractivity (Wildman–Crippen MR) is 80.4 cm³/mol. The van der Waals surface area contributed by atoms with Crippen molar-refractivity contribution in [1.29, 1.82) is 0 Å². The molecular formula is C15H19ClN2O2. The third kappa shape index (κ3) is 2.86. The van der Waals surface area contributed by atoms with Crippen LogP contribution in [0.25, 0.3) is 10.9 Å². The lowest BCUT2D eigenvalue weighted by molar-refractivity contribution is 0.0868. The zero-order chi connectivity index (χ0) is 13.2. The van der Waals surface area contributed by atoms with Crippen LogP contribution in [0.1, 0.15) is 30.3 Å². The zero-order valence-electron chi connectivity index (χ0n) is 11.5. The van der Waals surface area contributed by atoms with Crippen molar-refractivity contribution in [3.63, 3.8) is 0 Å². The van der Waals surface area contributed by atoms with Gasteiger partial charge in [0.2, 0.25) is 11.5 Å². The van der Waals surface area contributed by atoms with Crippen LogP contribution in [0, 0.1) is 5.92 Å². The number of carbonyl (C=O) groups is 1. The fourth-order valence-electron chi connectivity index (χ4n) is 2.73. The quantitative estimate of drug-likeness (QED) is 0.813. The smallest absolute Gasteiger partial charge is 0.210 e. The molecule has 20 heavy (non-hydrogen) atoms. The maximum atomic E-state index is 12.4. The van der Waals surface area contributed by atoms with Gasteiger partial charge >= 0.3 is 0 Å². The van der Waals surface area contributed by atoms with E-state index in [1.54, 1.807) is 0 Å². The minimum Gasteiger partial charge on any atom is -0.352 e. The third-order valence-electron chi connectivity index (χ3n) is 3.79. The number of fused-ring (bicyclic) bond motifs is 1. The number of hydrogen-bond acceptors (Lipinski definition) is 4. The summed E-state index contributed by atoms with van der Waals surface area (Å²) < 4.78 is 5.24. The van der Waals surface area contributed by atoms with Crippen molar-refractivity contribution in [2.45, 2.75) is 19.8 Å². The van der Waals surface area contributed by atoms with Gasteiger partial charge in [-0.3, -0.25) is 4.79 Å². The van der Waals surface area contributed by atoms with Crippen LogP contribution in [0.3, 0.4) is 0 Å². The molecule has 0 N–H and O–H groups in total. The second-order valence-corrected chi connectivity index (χ2v) is 5.30. The Kier molecular flexibility index (Phi) is 4.78. The summed E-state index contributed by atoms with van der Waals surface area (Å²) in [6, 6.07) is 7.55. The monoisotopic (exact) mass is 294 g/mol. The number of benzene rings is 1. The topological polar surface area (TPSA) is 46.3 Å². The molecule has 0 radical (unpaired) electrons. The third-order valence-corrected chi connectivity index (χ3v) is 3.79. The average Bonchev–Trinajstić information content (AvgIpc) is 3.06. The normalized spacial score (nSPS) is 17.1. The van der Waals surface area contributed by atoms with Crippen molar-refractivity contribution in [1.82, 2.24) is 10.1 Å². The van der Waals surface area contributed by atoms with Crippen molar-refractivity contribution in [3.05, 3.63) is 30.0 Å². The molecule has 0 aliphatic carbocycles. The fourth-order valence-corrected chi connectivity index (χ4v) is 2.73. The van der Waals surface area contributed by atoms with Crippen LogP contribution in [0.5, 0.6) is 0 Å². The Morgan fingerprint density at radius 2 is 2.05 bits per heavy atom. The van der Waals surface area contributed by atoms with Gasteiger partial charge in [-0.1, -0.05) is 24.2 Å². The zero-order valence-corrected chi connectivity index (χ0v) is 12.4. The van der Waals surface area contributed by atoms with E-state index in [0.29, 0.717) is 5.76 Å². The van der Waals surface area contributed by atoms with Crippen LogP contribution in [0.2, 0.25) is 0 Å². The van der Waals surface area contributed by atoms with E-state index in [0.717, 1.165) is 30.5 Å². The van der Waals surface area contributed by atoms with Crippen LogP contribution in [-0.2, 0) is 0 Å². The van der Waals surface area contributed by atoms with E-state index in [2.05, 4.69) is 10.1 Å². The lowest BCUT2D eigenvalue weighted by Gasteiger charge is -2.18. The van der Waals surface area contributed by atoms with Crippen molar-refractivity contribution < 1.29 is 9.32 Å². The molecule has 1 atom stereocenters. The molecule has 0 amide bonds. The molecule has 1 aromatic heterocycles. The van der Waals surface area contributed by atoms with Crippen LogP contribution in [0.15, 0.2) is 28.8 Å². The first kappa shape index (κ1) is 15.0. The second kappa shape index (κ2) is 6.37. The van der Waals surface area contributed by atoms with Gasteiger partial charge in [0, 0.05) is 12.5 Å². The summed E-state index contributed by atoms with van der Waals surface area (Å²) in [6.45, 7) is 5.00. The molecule has 2 heterocycles. The molecular weight excluding hydrogens is 276 g/mol. The Labute approximate surface area is 124 Å². The van der Waals surface area contributed by atoms with Crippen LogP contribution < -0.4 is 0 Å². The van der Waals surface area contributed by atoms with Crippen molar-refractivity contribution >= 4 is 29.1 Å². The van der Waals surface area contributed by atoms with E-state index in [4.69, 9.17) is 4.52 Å². The highest BCUT2D eigenvalue weighted by Gasteiger charge is 2.25. The Hall–Kier alpha value is -1.39. The maximum Gasteiger partial charge on any atom is 0.210 e. The number of aromatic nitrogens is 1. The molecule has 108 valence electrons. The summed E-state index contributed by atoms with van der Waals surface area (Å²) in [7, 11) is 0. The van der Waals surface area contributed by atoms with Crippen LogP contribution >= 0.6 is 12.4 Å². The molecule has 1 fully saturated rings. The summed E-state index contributed by atoms with van der Waals surface area (Å²) in [5, 5.41) is 4.76. The molecule has 2 aromatic rings. The lowest BCUT2D eigenvalue weighted by atomic mass is 10.0.